The van der Waals surface area contributed by atoms with Crippen molar-refractivity contribution in [2.45, 2.75) is 26.7 Å². The minimum atomic E-state index is 0.708. The summed E-state index contributed by atoms with van der Waals surface area (Å²) in [6, 6.07) is 8.04. The second kappa shape index (κ2) is 6.33. The molecular formula is C13H21NO. The zero-order valence-corrected chi connectivity index (χ0v) is 9.92. The first-order valence-electron chi connectivity index (χ1n) is 5.64. The quantitative estimate of drug-likeness (QED) is 0.770. The van der Waals surface area contributed by atoms with Crippen molar-refractivity contribution in [3.05, 3.63) is 24.3 Å². The maximum absolute atomic E-state index is 5.28. The molecule has 0 radical (unpaired) electrons. The Morgan fingerprint density at radius 3 is 2.73 bits per heavy atom. The molecular weight excluding hydrogens is 186 g/mol. The van der Waals surface area contributed by atoms with Crippen molar-refractivity contribution in [3.8, 4) is 5.75 Å². The van der Waals surface area contributed by atoms with Crippen LogP contribution >= 0.6 is 0 Å². The minimum Gasteiger partial charge on any atom is -0.495 e. The Morgan fingerprint density at radius 2 is 2.07 bits per heavy atom. The second-order valence-corrected chi connectivity index (χ2v) is 3.98. The normalized spacial score (nSPS) is 12.2. The molecule has 0 fully saturated rings. The Kier molecular flexibility index (Phi) is 5.02. The van der Waals surface area contributed by atoms with Gasteiger partial charge in [0.25, 0.3) is 0 Å². The zero-order chi connectivity index (χ0) is 11.1. The first-order valence-corrected chi connectivity index (χ1v) is 5.64. The Labute approximate surface area is 92.6 Å². The number of rotatable bonds is 6. The van der Waals surface area contributed by atoms with E-state index >= 15 is 0 Å². The molecule has 0 heterocycles. The van der Waals surface area contributed by atoms with Gasteiger partial charge in [0, 0.05) is 6.54 Å². The first kappa shape index (κ1) is 11.9. The number of nitrogens with one attached hydrogen (secondary N) is 1. The van der Waals surface area contributed by atoms with Gasteiger partial charge in [0.15, 0.2) is 0 Å². The number of benzene rings is 1. The average molecular weight is 207 g/mol. The third kappa shape index (κ3) is 3.82. The Balaban J connectivity index is 2.49. The van der Waals surface area contributed by atoms with Gasteiger partial charge in [-0.15, -0.1) is 0 Å². The molecule has 1 atom stereocenters. The minimum absolute atomic E-state index is 0.708. The van der Waals surface area contributed by atoms with Gasteiger partial charge in [-0.25, -0.2) is 0 Å². The van der Waals surface area contributed by atoms with Gasteiger partial charge in [0.1, 0.15) is 5.75 Å². The highest BCUT2D eigenvalue weighted by Gasteiger charge is 2.03. The number of hydrogen-bond acceptors (Lipinski definition) is 2. The largest absolute Gasteiger partial charge is 0.495 e. The fraction of sp³-hybridized carbons (Fsp3) is 0.538. The number of methoxy groups -OCH3 is 1. The molecule has 0 aliphatic carbocycles. The molecule has 1 unspecified atom stereocenters. The fourth-order valence-electron chi connectivity index (χ4n) is 1.67. The van der Waals surface area contributed by atoms with Crippen LogP contribution in [0.2, 0.25) is 0 Å². The van der Waals surface area contributed by atoms with Crippen LogP contribution in [-0.4, -0.2) is 13.7 Å². The highest BCUT2D eigenvalue weighted by molar-refractivity contribution is 5.56. The molecule has 0 aliphatic heterocycles. The monoisotopic (exact) mass is 207 g/mol. The third-order valence-corrected chi connectivity index (χ3v) is 2.53. The number of para-hydroxylation sites is 2. The van der Waals surface area contributed by atoms with Crippen molar-refractivity contribution in [2.75, 3.05) is 19.0 Å². The summed E-state index contributed by atoms with van der Waals surface area (Å²) in [6.07, 6.45) is 2.51. The lowest BCUT2D eigenvalue weighted by Crippen LogP contribution is -2.11. The van der Waals surface area contributed by atoms with Crippen LogP contribution in [0.1, 0.15) is 26.7 Å². The SMILES string of the molecule is CCCC(C)CNc1ccccc1OC. The summed E-state index contributed by atoms with van der Waals surface area (Å²) in [5.74, 6) is 1.63. The third-order valence-electron chi connectivity index (χ3n) is 2.53. The Morgan fingerprint density at radius 1 is 1.33 bits per heavy atom. The van der Waals surface area contributed by atoms with Crippen LogP contribution in [0.25, 0.3) is 0 Å². The zero-order valence-electron chi connectivity index (χ0n) is 9.92. The molecule has 1 rings (SSSR count). The van der Waals surface area contributed by atoms with E-state index in [1.165, 1.54) is 12.8 Å². The van der Waals surface area contributed by atoms with E-state index in [2.05, 4.69) is 25.2 Å². The molecule has 0 saturated carbocycles. The maximum atomic E-state index is 5.28. The van der Waals surface area contributed by atoms with E-state index in [9.17, 15) is 0 Å². The summed E-state index contributed by atoms with van der Waals surface area (Å²) in [7, 11) is 1.70. The molecule has 0 aromatic heterocycles. The molecule has 0 bridgehead atoms. The summed E-state index contributed by atoms with van der Waals surface area (Å²) in [4.78, 5) is 0. The van der Waals surface area contributed by atoms with Crippen LogP contribution in [0.5, 0.6) is 5.75 Å². The van der Waals surface area contributed by atoms with Gasteiger partial charge >= 0.3 is 0 Å². The maximum Gasteiger partial charge on any atom is 0.141 e. The standard InChI is InChI=1S/C13H21NO/c1-4-7-11(2)10-14-12-8-5-6-9-13(12)15-3/h5-6,8-9,11,14H,4,7,10H2,1-3H3. The molecule has 15 heavy (non-hydrogen) atoms. The molecule has 2 nitrogen and oxygen atoms in total. The van der Waals surface area contributed by atoms with E-state index in [0.29, 0.717) is 5.92 Å². The molecule has 0 amide bonds. The predicted octanol–water partition coefficient (Wildman–Crippen LogP) is 3.54. The number of hydrogen-bond donors (Lipinski definition) is 1. The highest BCUT2D eigenvalue weighted by Crippen LogP contribution is 2.23. The molecule has 84 valence electrons. The highest BCUT2D eigenvalue weighted by atomic mass is 16.5. The van der Waals surface area contributed by atoms with Crippen molar-refractivity contribution in [2.24, 2.45) is 5.92 Å². The summed E-state index contributed by atoms with van der Waals surface area (Å²) >= 11 is 0. The smallest absolute Gasteiger partial charge is 0.141 e. The summed E-state index contributed by atoms with van der Waals surface area (Å²) < 4.78 is 5.28. The van der Waals surface area contributed by atoms with Crippen LogP contribution in [0, 0.1) is 5.92 Å². The topological polar surface area (TPSA) is 21.3 Å². The molecule has 1 aromatic carbocycles. The van der Waals surface area contributed by atoms with Crippen LogP contribution in [0.15, 0.2) is 24.3 Å². The summed E-state index contributed by atoms with van der Waals surface area (Å²) in [5, 5.41) is 3.42. The lowest BCUT2D eigenvalue weighted by Gasteiger charge is -2.14. The van der Waals surface area contributed by atoms with Gasteiger partial charge < -0.3 is 10.1 Å². The van der Waals surface area contributed by atoms with E-state index in [-0.39, 0.29) is 0 Å². The Bertz CT molecular complexity index is 286. The lowest BCUT2D eigenvalue weighted by atomic mass is 10.1. The van der Waals surface area contributed by atoms with Crippen LogP contribution in [0.3, 0.4) is 0 Å². The van der Waals surface area contributed by atoms with Crippen molar-refractivity contribution < 1.29 is 4.74 Å². The van der Waals surface area contributed by atoms with Crippen molar-refractivity contribution in [3.63, 3.8) is 0 Å². The van der Waals surface area contributed by atoms with Gasteiger partial charge in [0.2, 0.25) is 0 Å². The molecule has 1 aromatic rings. The van der Waals surface area contributed by atoms with Gasteiger partial charge in [-0.3, -0.25) is 0 Å². The Hall–Kier alpha value is -1.18. The van der Waals surface area contributed by atoms with E-state index < -0.39 is 0 Å². The summed E-state index contributed by atoms with van der Waals surface area (Å²) in [6.45, 7) is 5.50. The van der Waals surface area contributed by atoms with Gasteiger partial charge in [-0.1, -0.05) is 32.4 Å². The average Bonchev–Trinajstić information content (AvgIpc) is 2.27. The first-order chi connectivity index (χ1) is 7.27. The number of anilines is 1. The van der Waals surface area contributed by atoms with Crippen molar-refractivity contribution in [1.29, 1.82) is 0 Å². The predicted molar refractivity (Wildman–Crippen MR) is 65.6 cm³/mol. The van der Waals surface area contributed by atoms with Crippen LogP contribution < -0.4 is 10.1 Å². The van der Waals surface area contributed by atoms with Gasteiger partial charge in [-0.05, 0) is 24.5 Å². The fourth-order valence-corrected chi connectivity index (χ4v) is 1.67. The molecule has 1 N–H and O–H groups in total. The van der Waals surface area contributed by atoms with E-state index in [0.717, 1.165) is 18.0 Å². The van der Waals surface area contributed by atoms with Crippen molar-refractivity contribution in [1.82, 2.24) is 0 Å². The van der Waals surface area contributed by atoms with E-state index in [4.69, 9.17) is 4.74 Å². The van der Waals surface area contributed by atoms with Crippen LogP contribution in [-0.2, 0) is 0 Å². The van der Waals surface area contributed by atoms with Gasteiger partial charge in [-0.2, -0.15) is 0 Å². The van der Waals surface area contributed by atoms with Crippen LogP contribution in [0.4, 0.5) is 5.69 Å². The van der Waals surface area contributed by atoms with Gasteiger partial charge in [0.05, 0.1) is 12.8 Å². The lowest BCUT2D eigenvalue weighted by molar-refractivity contribution is 0.416. The molecule has 2 heteroatoms. The molecule has 0 saturated heterocycles. The van der Waals surface area contributed by atoms with E-state index in [1.807, 2.05) is 18.2 Å². The molecule has 0 aliphatic rings. The van der Waals surface area contributed by atoms with E-state index in [1.54, 1.807) is 7.11 Å². The second-order valence-electron chi connectivity index (χ2n) is 3.98. The van der Waals surface area contributed by atoms with Crippen molar-refractivity contribution >= 4 is 5.69 Å². The molecule has 0 spiro atoms. The summed E-state index contributed by atoms with van der Waals surface area (Å²) in [5.41, 5.74) is 1.09. The number of ether oxygens (including phenoxy) is 1.